The molecule has 0 unspecified atom stereocenters. The van der Waals surface area contributed by atoms with Gasteiger partial charge in [0.05, 0.1) is 18.2 Å². The average Bonchev–Trinajstić information content (AvgIpc) is 2.40. The maximum Gasteiger partial charge on any atom is 0.0991 e. The lowest BCUT2D eigenvalue weighted by Crippen LogP contribution is -2.36. The summed E-state index contributed by atoms with van der Waals surface area (Å²) >= 11 is 0. The van der Waals surface area contributed by atoms with Crippen molar-refractivity contribution in [2.45, 2.75) is 39.3 Å². The first-order chi connectivity index (χ1) is 8.74. The van der Waals surface area contributed by atoms with Gasteiger partial charge in [-0.1, -0.05) is 26.0 Å². The summed E-state index contributed by atoms with van der Waals surface area (Å²) in [5.41, 5.74) is 1.83. The highest BCUT2D eigenvalue weighted by Gasteiger charge is 2.14. The van der Waals surface area contributed by atoms with E-state index in [1.54, 1.807) is 0 Å². The van der Waals surface area contributed by atoms with Crippen molar-refractivity contribution in [3.63, 3.8) is 0 Å². The van der Waals surface area contributed by atoms with Crippen molar-refractivity contribution >= 4 is 0 Å². The molecule has 0 aliphatic rings. The normalized spacial score (nSPS) is 10.9. The van der Waals surface area contributed by atoms with Gasteiger partial charge in [0.25, 0.3) is 0 Å². The zero-order valence-electron chi connectivity index (χ0n) is 11.3. The molecule has 1 rings (SSSR count). The van der Waals surface area contributed by atoms with Crippen LogP contribution in [0.5, 0.6) is 0 Å². The molecule has 1 aromatic carbocycles. The van der Waals surface area contributed by atoms with E-state index in [9.17, 15) is 0 Å². The molecule has 0 aliphatic heterocycles. The maximum absolute atomic E-state index is 9.16. The molecule has 0 radical (unpaired) electrons. The van der Waals surface area contributed by atoms with Gasteiger partial charge in [-0.25, -0.2) is 0 Å². The Balaban J connectivity index is 2.79. The second kappa shape index (κ2) is 7.86. The van der Waals surface area contributed by atoms with E-state index in [2.05, 4.69) is 24.8 Å². The highest BCUT2D eigenvalue weighted by molar-refractivity contribution is 5.32. The third-order valence-electron chi connectivity index (χ3n) is 3.29. The Kier molecular flexibility index (Phi) is 6.42. The van der Waals surface area contributed by atoms with Crippen LogP contribution in [-0.2, 0) is 6.54 Å². The molecule has 0 saturated carbocycles. The van der Waals surface area contributed by atoms with Crippen LogP contribution in [0, 0.1) is 11.3 Å². The van der Waals surface area contributed by atoms with Crippen LogP contribution in [-0.4, -0.2) is 29.2 Å². The van der Waals surface area contributed by atoms with Crippen LogP contribution in [0.2, 0.25) is 0 Å². The zero-order chi connectivity index (χ0) is 13.4. The Bertz CT molecular complexity index is 394. The number of rotatable bonds is 7. The van der Waals surface area contributed by atoms with Crippen LogP contribution < -0.4 is 0 Å². The fourth-order valence-electron chi connectivity index (χ4n) is 2.30. The monoisotopic (exact) mass is 246 g/mol. The molecule has 0 aliphatic carbocycles. The summed E-state index contributed by atoms with van der Waals surface area (Å²) in [6.45, 7) is 5.99. The topological polar surface area (TPSA) is 47.3 Å². The lowest BCUT2D eigenvalue weighted by atomic mass is 10.1. The fourth-order valence-corrected chi connectivity index (χ4v) is 2.30. The van der Waals surface area contributed by atoms with E-state index in [4.69, 9.17) is 10.4 Å². The molecule has 0 bridgehead atoms. The SMILES string of the molecule is CCC(CC)N(CCO)Cc1cccc(C#N)c1. The fraction of sp³-hybridized carbons (Fsp3) is 0.533. The van der Waals surface area contributed by atoms with Gasteiger partial charge in [-0.2, -0.15) is 5.26 Å². The van der Waals surface area contributed by atoms with Crippen LogP contribution in [0.1, 0.15) is 37.8 Å². The lowest BCUT2D eigenvalue weighted by Gasteiger charge is -2.29. The van der Waals surface area contributed by atoms with E-state index in [0.29, 0.717) is 18.2 Å². The Labute approximate surface area is 110 Å². The van der Waals surface area contributed by atoms with Crippen molar-refractivity contribution in [2.24, 2.45) is 0 Å². The van der Waals surface area contributed by atoms with E-state index in [0.717, 1.165) is 24.9 Å². The zero-order valence-corrected chi connectivity index (χ0v) is 11.3. The summed E-state index contributed by atoms with van der Waals surface area (Å²) in [6.07, 6.45) is 2.16. The van der Waals surface area contributed by atoms with Gasteiger partial charge >= 0.3 is 0 Å². The van der Waals surface area contributed by atoms with Gasteiger partial charge in [0.2, 0.25) is 0 Å². The van der Waals surface area contributed by atoms with Crippen molar-refractivity contribution in [1.82, 2.24) is 4.90 Å². The third-order valence-corrected chi connectivity index (χ3v) is 3.29. The summed E-state index contributed by atoms with van der Waals surface area (Å²) in [5, 5.41) is 18.1. The van der Waals surface area contributed by atoms with Crippen LogP contribution in [0.25, 0.3) is 0 Å². The highest BCUT2D eigenvalue weighted by atomic mass is 16.3. The van der Waals surface area contributed by atoms with Gasteiger partial charge < -0.3 is 5.11 Å². The van der Waals surface area contributed by atoms with Crippen molar-refractivity contribution in [2.75, 3.05) is 13.2 Å². The van der Waals surface area contributed by atoms with Crippen LogP contribution in [0.4, 0.5) is 0 Å². The van der Waals surface area contributed by atoms with Crippen LogP contribution >= 0.6 is 0 Å². The first-order valence-corrected chi connectivity index (χ1v) is 6.59. The van der Waals surface area contributed by atoms with Crippen molar-refractivity contribution < 1.29 is 5.11 Å². The van der Waals surface area contributed by atoms with Gasteiger partial charge in [0.1, 0.15) is 0 Å². The van der Waals surface area contributed by atoms with Gasteiger partial charge in [-0.3, -0.25) is 4.90 Å². The molecule has 0 aromatic heterocycles. The molecular formula is C15H22N2O. The molecular weight excluding hydrogens is 224 g/mol. The highest BCUT2D eigenvalue weighted by Crippen LogP contribution is 2.14. The summed E-state index contributed by atoms with van der Waals surface area (Å²) in [4.78, 5) is 2.29. The Morgan fingerprint density at radius 3 is 2.61 bits per heavy atom. The molecule has 3 nitrogen and oxygen atoms in total. The second-order valence-corrected chi connectivity index (χ2v) is 4.48. The molecule has 0 heterocycles. The largest absolute Gasteiger partial charge is 0.395 e. The maximum atomic E-state index is 9.16. The minimum absolute atomic E-state index is 0.175. The molecule has 1 N–H and O–H groups in total. The molecule has 0 saturated heterocycles. The first kappa shape index (κ1) is 14.7. The number of hydrogen-bond acceptors (Lipinski definition) is 3. The molecule has 3 heteroatoms. The summed E-state index contributed by atoms with van der Waals surface area (Å²) in [5.74, 6) is 0. The molecule has 1 aromatic rings. The molecule has 18 heavy (non-hydrogen) atoms. The van der Waals surface area contributed by atoms with E-state index in [1.165, 1.54) is 0 Å². The lowest BCUT2D eigenvalue weighted by molar-refractivity contribution is 0.136. The molecule has 98 valence electrons. The predicted octanol–water partition coefficient (Wildman–Crippen LogP) is 2.54. The standard InChI is InChI=1S/C15H22N2O/c1-3-15(4-2)17(8-9-18)12-14-7-5-6-13(10-14)11-16/h5-7,10,15,18H,3-4,8-9,12H2,1-2H3. The number of aliphatic hydroxyl groups is 1. The average molecular weight is 246 g/mol. The number of nitrogens with zero attached hydrogens (tertiary/aromatic N) is 2. The van der Waals surface area contributed by atoms with Gasteiger partial charge in [0.15, 0.2) is 0 Å². The number of benzene rings is 1. The summed E-state index contributed by atoms with van der Waals surface area (Å²) < 4.78 is 0. The van der Waals surface area contributed by atoms with Crippen molar-refractivity contribution in [3.8, 4) is 6.07 Å². The van der Waals surface area contributed by atoms with Gasteiger partial charge in [-0.05, 0) is 30.5 Å². The number of aliphatic hydroxyl groups excluding tert-OH is 1. The minimum Gasteiger partial charge on any atom is -0.395 e. The number of hydrogen-bond donors (Lipinski definition) is 1. The van der Waals surface area contributed by atoms with E-state index in [1.807, 2.05) is 24.3 Å². The van der Waals surface area contributed by atoms with Crippen molar-refractivity contribution in [1.29, 1.82) is 5.26 Å². The van der Waals surface area contributed by atoms with Gasteiger partial charge in [0, 0.05) is 19.1 Å². The molecule has 0 atom stereocenters. The Morgan fingerprint density at radius 1 is 1.33 bits per heavy atom. The Morgan fingerprint density at radius 2 is 2.06 bits per heavy atom. The Hall–Kier alpha value is -1.37. The number of nitriles is 1. The predicted molar refractivity (Wildman–Crippen MR) is 73.0 cm³/mol. The van der Waals surface area contributed by atoms with E-state index >= 15 is 0 Å². The molecule has 0 fully saturated rings. The summed E-state index contributed by atoms with van der Waals surface area (Å²) in [7, 11) is 0. The molecule has 0 spiro atoms. The molecule has 0 amide bonds. The van der Waals surface area contributed by atoms with E-state index in [-0.39, 0.29) is 6.61 Å². The van der Waals surface area contributed by atoms with E-state index < -0.39 is 0 Å². The summed E-state index contributed by atoms with van der Waals surface area (Å²) in [6, 6.07) is 10.3. The first-order valence-electron chi connectivity index (χ1n) is 6.59. The smallest absolute Gasteiger partial charge is 0.0991 e. The third kappa shape index (κ3) is 4.14. The van der Waals surface area contributed by atoms with Crippen LogP contribution in [0.15, 0.2) is 24.3 Å². The quantitative estimate of drug-likeness (QED) is 0.804. The minimum atomic E-state index is 0.175. The second-order valence-electron chi connectivity index (χ2n) is 4.48. The van der Waals surface area contributed by atoms with Crippen LogP contribution in [0.3, 0.4) is 0 Å². The van der Waals surface area contributed by atoms with Gasteiger partial charge in [-0.15, -0.1) is 0 Å². The van der Waals surface area contributed by atoms with Crippen molar-refractivity contribution in [3.05, 3.63) is 35.4 Å².